The third kappa shape index (κ3) is 5.57. The van der Waals surface area contributed by atoms with E-state index >= 15 is 0 Å². The lowest BCUT2D eigenvalue weighted by Gasteiger charge is -2.08. The molecular weight excluding hydrogens is 286 g/mol. The number of hydrogen-bond acceptors (Lipinski definition) is 4. The van der Waals surface area contributed by atoms with E-state index in [4.69, 9.17) is 4.74 Å². The lowest BCUT2D eigenvalue weighted by Crippen LogP contribution is -2.14. The number of hydrazine groups is 1. The number of anilines is 1. The van der Waals surface area contributed by atoms with Crippen LogP contribution < -0.4 is 15.6 Å². The van der Waals surface area contributed by atoms with Crippen molar-refractivity contribution in [2.75, 3.05) is 19.1 Å². The second-order valence-corrected chi connectivity index (χ2v) is 6.53. The van der Waals surface area contributed by atoms with Gasteiger partial charge < -0.3 is 10.2 Å². The van der Waals surface area contributed by atoms with E-state index in [1.54, 1.807) is 6.20 Å². The lowest BCUT2D eigenvalue weighted by atomic mass is 10.1. The maximum Gasteiger partial charge on any atom is 0.140 e. The number of ether oxygens (including phenoxy) is 1. The largest absolute Gasteiger partial charge is 0.491 e. The molecule has 1 aromatic carbocycles. The minimum Gasteiger partial charge on any atom is -0.491 e. The summed E-state index contributed by atoms with van der Waals surface area (Å²) in [6, 6.07) is 13.9. The van der Waals surface area contributed by atoms with Gasteiger partial charge in [-0.05, 0) is 48.9 Å². The second-order valence-electron chi connectivity index (χ2n) is 6.53. The van der Waals surface area contributed by atoms with Crippen LogP contribution in [-0.2, 0) is 0 Å². The monoisotopic (exact) mass is 313 g/mol. The maximum absolute atomic E-state index is 5.73. The van der Waals surface area contributed by atoms with Crippen LogP contribution in [0.15, 0.2) is 48.7 Å². The van der Waals surface area contributed by atoms with E-state index in [0.29, 0.717) is 5.41 Å². The summed E-state index contributed by atoms with van der Waals surface area (Å²) in [5, 5.41) is 0. The fraction of sp³-hybridized carbons (Fsp3) is 0.421. The maximum atomic E-state index is 5.73. The quantitative estimate of drug-likeness (QED) is 0.818. The van der Waals surface area contributed by atoms with Crippen LogP contribution >= 0.6 is 0 Å². The van der Waals surface area contributed by atoms with Crippen LogP contribution in [0, 0.1) is 18.3 Å². The Labute approximate surface area is 139 Å². The first-order chi connectivity index (χ1) is 11.0. The van der Waals surface area contributed by atoms with Crippen molar-refractivity contribution in [2.45, 2.75) is 27.2 Å². The van der Waals surface area contributed by atoms with Gasteiger partial charge in [-0.25, -0.2) is 5.43 Å². The fourth-order valence-corrected chi connectivity index (χ4v) is 2.34. The van der Waals surface area contributed by atoms with E-state index in [1.165, 1.54) is 6.42 Å². The highest BCUT2D eigenvalue weighted by molar-refractivity contribution is 5.40. The predicted octanol–water partition coefficient (Wildman–Crippen LogP) is 4.05. The summed E-state index contributed by atoms with van der Waals surface area (Å²) >= 11 is 0. The van der Waals surface area contributed by atoms with Crippen LogP contribution in [-0.4, -0.2) is 18.6 Å². The predicted molar refractivity (Wildman–Crippen MR) is 95.5 cm³/mol. The number of hydrogen-bond donors (Lipinski definition) is 2. The third-order valence-corrected chi connectivity index (χ3v) is 4.16. The minimum absolute atomic E-state index is 0.496. The molecule has 0 aliphatic heterocycles. The molecule has 0 amide bonds. The lowest BCUT2D eigenvalue weighted by molar-refractivity contribution is 0.277. The van der Waals surface area contributed by atoms with Crippen molar-refractivity contribution >= 4 is 5.69 Å². The van der Waals surface area contributed by atoms with Gasteiger partial charge in [-0.1, -0.05) is 32.0 Å². The van der Waals surface area contributed by atoms with Crippen molar-refractivity contribution in [2.24, 2.45) is 11.3 Å². The van der Waals surface area contributed by atoms with Gasteiger partial charge in [-0.2, -0.15) is 0 Å². The summed E-state index contributed by atoms with van der Waals surface area (Å²) < 4.78 is 5.73. The molecule has 2 aromatic rings. The summed E-state index contributed by atoms with van der Waals surface area (Å²) in [6.07, 6.45) is 3.08. The van der Waals surface area contributed by atoms with Gasteiger partial charge in [-0.15, -0.1) is 0 Å². The SMILES string of the molecule is CNNc1ccccc1.Cc1ncccc1OCC1CC1(C)C. The molecule has 1 aliphatic carbocycles. The van der Waals surface area contributed by atoms with Crippen molar-refractivity contribution in [1.29, 1.82) is 0 Å². The van der Waals surface area contributed by atoms with Gasteiger partial charge in [-0.3, -0.25) is 4.98 Å². The Morgan fingerprint density at radius 2 is 1.87 bits per heavy atom. The summed E-state index contributed by atoms with van der Waals surface area (Å²) in [7, 11) is 1.84. The number of aromatic nitrogens is 1. The highest BCUT2D eigenvalue weighted by Gasteiger charge is 2.45. The van der Waals surface area contributed by atoms with E-state index < -0.39 is 0 Å². The van der Waals surface area contributed by atoms with Crippen molar-refractivity contribution in [3.63, 3.8) is 0 Å². The zero-order valence-corrected chi connectivity index (χ0v) is 14.5. The molecular formula is C19H27N3O. The highest BCUT2D eigenvalue weighted by atomic mass is 16.5. The van der Waals surface area contributed by atoms with Gasteiger partial charge in [0, 0.05) is 18.9 Å². The molecule has 1 heterocycles. The molecule has 1 unspecified atom stereocenters. The van der Waals surface area contributed by atoms with E-state index in [0.717, 1.165) is 29.7 Å². The molecule has 1 fully saturated rings. The van der Waals surface area contributed by atoms with Gasteiger partial charge in [0.1, 0.15) is 5.75 Å². The summed E-state index contributed by atoms with van der Waals surface area (Å²) in [4.78, 5) is 4.19. The van der Waals surface area contributed by atoms with Crippen LogP contribution in [0.3, 0.4) is 0 Å². The molecule has 0 radical (unpaired) electrons. The highest BCUT2D eigenvalue weighted by Crippen LogP contribution is 2.51. The van der Waals surface area contributed by atoms with E-state index in [1.807, 2.05) is 56.4 Å². The van der Waals surface area contributed by atoms with Crippen LogP contribution in [0.4, 0.5) is 5.69 Å². The number of pyridine rings is 1. The molecule has 1 aliphatic rings. The zero-order chi connectivity index (χ0) is 16.7. The van der Waals surface area contributed by atoms with E-state index in [9.17, 15) is 0 Å². The second kappa shape index (κ2) is 7.97. The average molecular weight is 313 g/mol. The van der Waals surface area contributed by atoms with Gasteiger partial charge in [0.25, 0.3) is 0 Å². The number of para-hydroxylation sites is 1. The molecule has 23 heavy (non-hydrogen) atoms. The number of benzene rings is 1. The Kier molecular flexibility index (Phi) is 5.99. The zero-order valence-electron chi connectivity index (χ0n) is 14.5. The Morgan fingerprint density at radius 3 is 2.43 bits per heavy atom. The summed E-state index contributed by atoms with van der Waals surface area (Å²) in [5.74, 6) is 1.65. The van der Waals surface area contributed by atoms with Crippen molar-refractivity contribution in [3.05, 3.63) is 54.4 Å². The van der Waals surface area contributed by atoms with E-state index in [-0.39, 0.29) is 0 Å². The smallest absolute Gasteiger partial charge is 0.140 e. The Balaban J connectivity index is 0.000000185. The molecule has 4 nitrogen and oxygen atoms in total. The number of aryl methyl sites for hydroxylation is 1. The van der Waals surface area contributed by atoms with Gasteiger partial charge in [0.05, 0.1) is 12.3 Å². The van der Waals surface area contributed by atoms with Crippen LogP contribution in [0.1, 0.15) is 26.0 Å². The molecule has 3 rings (SSSR count). The number of nitrogens with one attached hydrogen (secondary N) is 2. The van der Waals surface area contributed by atoms with Crippen LogP contribution in [0.2, 0.25) is 0 Å². The Morgan fingerprint density at radius 1 is 1.17 bits per heavy atom. The topological polar surface area (TPSA) is 46.2 Å². The summed E-state index contributed by atoms with van der Waals surface area (Å²) in [5.41, 5.74) is 8.35. The first-order valence-corrected chi connectivity index (χ1v) is 8.05. The van der Waals surface area contributed by atoms with Crippen molar-refractivity contribution in [1.82, 2.24) is 10.4 Å². The molecule has 2 N–H and O–H groups in total. The molecule has 124 valence electrons. The fourth-order valence-electron chi connectivity index (χ4n) is 2.34. The molecule has 0 saturated heterocycles. The molecule has 1 saturated carbocycles. The number of rotatable bonds is 5. The molecule has 1 aromatic heterocycles. The normalized spacial score (nSPS) is 17.7. The van der Waals surface area contributed by atoms with Crippen molar-refractivity contribution in [3.8, 4) is 5.75 Å². The third-order valence-electron chi connectivity index (χ3n) is 4.16. The Bertz CT molecular complexity index is 599. The molecule has 4 heteroatoms. The van der Waals surface area contributed by atoms with Gasteiger partial charge in [0.2, 0.25) is 0 Å². The molecule has 0 bridgehead atoms. The summed E-state index contributed by atoms with van der Waals surface area (Å²) in [6.45, 7) is 7.39. The van der Waals surface area contributed by atoms with E-state index in [2.05, 4.69) is 29.7 Å². The average Bonchev–Trinajstić information content (AvgIpc) is 3.16. The van der Waals surface area contributed by atoms with Crippen molar-refractivity contribution < 1.29 is 4.74 Å². The van der Waals surface area contributed by atoms with Crippen LogP contribution in [0.5, 0.6) is 5.75 Å². The van der Waals surface area contributed by atoms with Gasteiger partial charge in [0.15, 0.2) is 0 Å². The first kappa shape index (κ1) is 17.3. The molecule has 0 spiro atoms. The van der Waals surface area contributed by atoms with Gasteiger partial charge >= 0.3 is 0 Å². The number of nitrogens with zero attached hydrogens (tertiary/aromatic N) is 1. The standard InChI is InChI=1S/C12H17NO.C7H10N2/c1-9-11(5-4-6-13-9)14-8-10-7-12(10,2)3;1-8-9-7-5-3-2-4-6-7/h4-6,10H,7-8H2,1-3H3;2-6,8-9H,1H3. The van der Waals surface area contributed by atoms with Crippen LogP contribution in [0.25, 0.3) is 0 Å². The first-order valence-electron chi connectivity index (χ1n) is 8.05. The minimum atomic E-state index is 0.496. The Hall–Kier alpha value is -2.07. The molecule has 1 atom stereocenters.